The molecule has 1 amide bonds. The fourth-order valence-corrected chi connectivity index (χ4v) is 6.13. The van der Waals surface area contributed by atoms with Crippen molar-refractivity contribution < 1.29 is 13.2 Å². The summed E-state index contributed by atoms with van der Waals surface area (Å²) in [6, 6.07) is 16.8. The Labute approximate surface area is 161 Å². The van der Waals surface area contributed by atoms with E-state index in [4.69, 9.17) is 0 Å². The van der Waals surface area contributed by atoms with E-state index >= 15 is 0 Å². The molecule has 5 nitrogen and oxygen atoms in total. The summed E-state index contributed by atoms with van der Waals surface area (Å²) < 4.78 is 25.6. The normalized spacial score (nSPS) is 25.3. The third kappa shape index (κ3) is 3.43. The molecule has 2 aliphatic heterocycles. The van der Waals surface area contributed by atoms with Crippen LogP contribution in [0.25, 0.3) is 0 Å². The van der Waals surface area contributed by atoms with Crippen molar-refractivity contribution in [1.82, 2.24) is 4.90 Å². The molecule has 2 aromatic carbocycles. The van der Waals surface area contributed by atoms with Crippen LogP contribution >= 0.6 is 15.9 Å². The maximum absolute atomic E-state index is 12.9. The van der Waals surface area contributed by atoms with Crippen LogP contribution in [0.1, 0.15) is 5.56 Å². The van der Waals surface area contributed by atoms with Gasteiger partial charge in [-0.05, 0) is 29.8 Å². The van der Waals surface area contributed by atoms with Gasteiger partial charge >= 0.3 is 0 Å². The molecule has 136 valence electrons. The maximum atomic E-state index is 12.9. The average Bonchev–Trinajstić information content (AvgIpc) is 2.92. The molecule has 2 fully saturated rings. The van der Waals surface area contributed by atoms with Gasteiger partial charge in [-0.3, -0.25) is 9.69 Å². The Bertz CT molecular complexity index is 916. The van der Waals surface area contributed by atoms with Crippen LogP contribution in [-0.4, -0.2) is 49.4 Å². The van der Waals surface area contributed by atoms with E-state index in [1.807, 2.05) is 59.5 Å². The van der Waals surface area contributed by atoms with E-state index in [-0.39, 0.29) is 36.0 Å². The number of halogens is 1. The number of benzene rings is 2. The summed E-state index contributed by atoms with van der Waals surface area (Å²) in [5, 5.41) is 0. The minimum atomic E-state index is -3.17. The van der Waals surface area contributed by atoms with E-state index in [0.717, 1.165) is 15.7 Å². The first-order valence-corrected chi connectivity index (χ1v) is 11.1. The van der Waals surface area contributed by atoms with Gasteiger partial charge in [-0.25, -0.2) is 8.42 Å². The minimum Gasteiger partial charge on any atom is -0.306 e. The highest BCUT2D eigenvalue weighted by Gasteiger charge is 2.49. The SMILES string of the molecule is O=C1CN(Cc2ccccc2)[C@@H]2CS(=O)(=O)C[C@@H]2N1c1ccc(Br)cc1. The first kappa shape index (κ1) is 17.7. The lowest BCUT2D eigenvalue weighted by molar-refractivity contribution is -0.123. The van der Waals surface area contributed by atoms with Gasteiger partial charge in [0.25, 0.3) is 0 Å². The molecule has 2 heterocycles. The fourth-order valence-electron chi connectivity index (χ4n) is 3.89. The Kier molecular flexibility index (Phi) is 4.62. The van der Waals surface area contributed by atoms with E-state index < -0.39 is 9.84 Å². The monoisotopic (exact) mass is 434 g/mol. The van der Waals surface area contributed by atoms with Crippen LogP contribution in [0.2, 0.25) is 0 Å². The molecule has 26 heavy (non-hydrogen) atoms. The molecule has 7 heteroatoms. The van der Waals surface area contributed by atoms with Gasteiger partial charge in [0.1, 0.15) is 0 Å². The predicted molar refractivity (Wildman–Crippen MR) is 105 cm³/mol. The molecule has 2 aliphatic rings. The summed E-state index contributed by atoms with van der Waals surface area (Å²) in [5.74, 6) is 0.0665. The molecule has 0 saturated carbocycles. The molecule has 2 atom stereocenters. The van der Waals surface area contributed by atoms with Crippen LogP contribution in [0.4, 0.5) is 5.69 Å². The van der Waals surface area contributed by atoms with Gasteiger partial charge in [-0.2, -0.15) is 0 Å². The largest absolute Gasteiger partial charge is 0.306 e. The zero-order chi connectivity index (χ0) is 18.3. The Morgan fingerprint density at radius 1 is 0.962 bits per heavy atom. The summed E-state index contributed by atoms with van der Waals surface area (Å²) >= 11 is 3.40. The lowest BCUT2D eigenvalue weighted by atomic mass is 10.0. The van der Waals surface area contributed by atoms with Crippen molar-refractivity contribution in [3.63, 3.8) is 0 Å². The molecule has 4 rings (SSSR count). The van der Waals surface area contributed by atoms with Crippen molar-refractivity contribution in [2.75, 3.05) is 23.0 Å². The zero-order valence-corrected chi connectivity index (χ0v) is 16.5. The van der Waals surface area contributed by atoms with Crippen molar-refractivity contribution in [2.45, 2.75) is 18.6 Å². The van der Waals surface area contributed by atoms with Gasteiger partial charge in [0.05, 0.1) is 24.1 Å². The number of anilines is 1. The maximum Gasteiger partial charge on any atom is 0.241 e. The molecule has 0 aliphatic carbocycles. The highest BCUT2D eigenvalue weighted by molar-refractivity contribution is 9.10. The van der Waals surface area contributed by atoms with E-state index in [9.17, 15) is 13.2 Å². The van der Waals surface area contributed by atoms with Crippen LogP contribution < -0.4 is 4.90 Å². The van der Waals surface area contributed by atoms with Crippen LogP contribution in [0.15, 0.2) is 59.1 Å². The summed E-state index contributed by atoms with van der Waals surface area (Å²) in [7, 11) is -3.17. The van der Waals surface area contributed by atoms with Crippen molar-refractivity contribution in [1.29, 1.82) is 0 Å². The number of carbonyl (C=O) groups is 1. The molecular formula is C19H19BrN2O3S. The van der Waals surface area contributed by atoms with Gasteiger partial charge in [0.15, 0.2) is 9.84 Å². The number of sulfone groups is 1. The van der Waals surface area contributed by atoms with Gasteiger partial charge < -0.3 is 4.90 Å². The predicted octanol–water partition coefficient (Wildman–Crippen LogP) is 2.46. The van der Waals surface area contributed by atoms with Crippen molar-refractivity contribution in [3.05, 3.63) is 64.6 Å². The van der Waals surface area contributed by atoms with Crippen molar-refractivity contribution in [3.8, 4) is 0 Å². The highest BCUT2D eigenvalue weighted by Crippen LogP contribution is 2.33. The number of carbonyl (C=O) groups excluding carboxylic acids is 1. The van der Waals surface area contributed by atoms with Gasteiger partial charge in [0.2, 0.25) is 5.91 Å². The quantitative estimate of drug-likeness (QED) is 0.744. The van der Waals surface area contributed by atoms with Crippen molar-refractivity contribution >= 4 is 37.4 Å². The number of amides is 1. The van der Waals surface area contributed by atoms with Crippen LogP contribution in [-0.2, 0) is 21.2 Å². The third-order valence-electron chi connectivity index (χ3n) is 5.03. The second-order valence-electron chi connectivity index (χ2n) is 6.84. The lowest BCUT2D eigenvalue weighted by Crippen LogP contribution is -2.61. The van der Waals surface area contributed by atoms with Gasteiger partial charge in [-0.1, -0.05) is 46.3 Å². The van der Waals surface area contributed by atoms with Gasteiger partial charge in [0, 0.05) is 22.7 Å². The Morgan fingerprint density at radius 3 is 2.31 bits per heavy atom. The number of fused-ring (bicyclic) bond motifs is 1. The molecular weight excluding hydrogens is 416 g/mol. The molecule has 0 unspecified atom stereocenters. The van der Waals surface area contributed by atoms with E-state index in [2.05, 4.69) is 15.9 Å². The molecule has 0 N–H and O–H groups in total. The zero-order valence-electron chi connectivity index (χ0n) is 14.1. The molecule has 0 aromatic heterocycles. The van der Waals surface area contributed by atoms with E-state index in [1.54, 1.807) is 4.90 Å². The second kappa shape index (κ2) is 6.79. The van der Waals surface area contributed by atoms with E-state index in [1.165, 1.54) is 0 Å². The molecule has 2 aromatic rings. The Hall–Kier alpha value is -1.70. The first-order chi connectivity index (χ1) is 12.4. The summed E-state index contributed by atoms with van der Waals surface area (Å²) in [4.78, 5) is 16.6. The molecule has 0 bridgehead atoms. The third-order valence-corrected chi connectivity index (χ3v) is 7.26. The number of hydrogen-bond donors (Lipinski definition) is 0. The standard InChI is InChI=1S/C19H19BrN2O3S/c20-15-6-8-16(9-7-15)22-18-13-26(24,25)12-17(18)21(11-19(22)23)10-14-4-2-1-3-5-14/h1-9,17-18H,10-13H2/t17-,18+/m1/s1. The topological polar surface area (TPSA) is 57.7 Å². The number of hydrogen-bond acceptors (Lipinski definition) is 4. The van der Waals surface area contributed by atoms with Crippen molar-refractivity contribution in [2.24, 2.45) is 0 Å². The Morgan fingerprint density at radius 2 is 1.62 bits per heavy atom. The average molecular weight is 435 g/mol. The number of rotatable bonds is 3. The summed E-state index contributed by atoms with van der Waals surface area (Å²) in [5.41, 5.74) is 1.84. The van der Waals surface area contributed by atoms with Gasteiger partial charge in [-0.15, -0.1) is 0 Å². The lowest BCUT2D eigenvalue weighted by Gasteiger charge is -2.43. The Balaban J connectivity index is 1.67. The first-order valence-electron chi connectivity index (χ1n) is 8.49. The molecule has 0 radical (unpaired) electrons. The minimum absolute atomic E-state index is 0.0186. The fraction of sp³-hybridized carbons (Fsp3) is 0.316. The van der Waals surface area contributed by atoms with E-state index in [0.29, 0.717) is 6.54 Å². The summed E-state index contributed by atoms with van der Waals surface area (Å²) in [6.07, 6.45) is 0. The second-order valence-corrected chi connectivity index (χ2v) is 9.91. The van der Waals surface area contributed by atoms with Crippen LogP contribution in [0.5, 0.6) is 0 Å². The van der Waals surface area contributed by atoms with Crippen LogP contribution in [0, 0.1) is 0 Å². The highest BCUT2D eigenvalue weighted by atomic mass is 79.9. The molecule has 2 saturated heterocycles. The molecule has 0 spiro atoms. The van der Waals surface area contributed by atoms with Crippen LogP contribution in [0.3, 0.4) is 0 Å². The number of piperazine rings is 1. The number of nitrogens with zero attached hydrogens (tertiary/aromatic N) is 2. The smallest absolute Gasteiger partial charge is 0.241 e. The summed E-state index contributed by atoms with van der Waals surface area (Å²) in [6.45, 7) is 0.805.